The minimum atomic E-state index is 0.802. The fourth-order valence-electron chi connectivity index (χ4n) is 2.40. The zero-order chi connectivity index (χ0) is 11.7. The van der Waals surface area contributed by atoms with E-state index in [1.54, 1.807) is 0 Å². The number of halogens is 1. The van der Waals surface area contributed by atoms with Gasteiger partial charge in [0.2, 0.25) is 0 Å². The SMILES string of the molecule is Clc1c(C2=CCCCC2)ncc2ccccc12. The smallest absolute Gasteiger partial charge is 0.0851 e. The van der Waals surface area contributed by atoms with Crippen LogP contribution in [0.4, 0.5) is 0 Å². The molecule has 17 heavy (non-hydrogen) atoms. The van der Waals surface area contributed by atoms with E-state index in [0.29, 0.717) is 0 Å². The molecule has 0 unspecified atom stereocenters. The predicted molar refractivity (Wildman–Crippen MR) is 73.2 cm³/mol. The second-order valence-electron chi connectivity index (χ2n) is 4.48. The zero-order valence-corrected chi connectivity index (χ0v) is 10.4. The van der Waals surface area contributed by atoms with E-state index >= 15 is 0 Å². The third-order valence-corrected chi connectivity index (χ3v) is 3.72. The lowest BCUT2D eigenvalue weighted by atomic mass is 9.96. The Labute approximate surface area is 106 Å². The van der Waals surface area contributed by atoms with Crippen molar-refractivity contribution in [2.24, 2.45) is 0 Å². The van der Waals surface area contributed by atoms with Crippen molar-refractivity contribution >= 4 is 27.9 Å². The summed E-state index contributed by atoms with van der Waals surface area (Å²) >= 11 is 6.47. The molecule has 1 aliphatic rings. The first-order valence-electron chi connectivity index (χ1n) is 6.09. The van der Waals surface area contributed by atoms with E-state index in [1.807, 2.05) is 24.4 Å². The van der Waals surface area contributed by atoms with Crippen LogP contribution in [0.1, 0.15) is 31.4 Å². The highest BCUT2D eigenvalue weighted by Gasteiger charge is 2.13. The Morgan fingerprint density at radius 3 is 2.82 bits per heavy atom. The normalized spacial score (nSPS) is 15.9. The van der Waals surface area contributed by atoms with Crippen LogP contribution in [0.5, 0.6) is 0 Å². The topological polar surface area (TPSA) is 12.9 Å². The number of fused-ring (bicyclic) bond motifs is 1. The van der Waals surface area contributed by atoms with Gasteiger partial charge in [0, 0.05) is 17.0 Å². The summed E-state index contributed by atoms with van der Waals surface area (Å²) in [4.78, 5) is 4.53. The Morgan fingerprint density at radius 1 is 1.12 bits per heavy atom. The molecule has 1 aromatic heterocycles. The van der Waals surface area contributed by atoms with E-state index in [2.05, 4.69) is 17.1 Å². The molecule has 0 fully saturated rings. The summed E-state index contributed by atoms with van der Waals surface area (Å²) in [7, 11) is 0. The lowest BCUT2D eigenvalue weighted by molar-refractivity contribution is 0.740. The van der Waals surface area contributed by atoms with Crippen LogP contribution < -0.4 is 0 Å². The fourth-order valence-corrected chi connectivity index (χ4v) is 2.75. The fraction of sp³-hybridized carbons (Fsp3) is 0.267. The molecule has 0 amide bonds. The number of aromatic nitrogens is 1. The highest BCUT2D eigenvalue weighted by Crippen LogP contribution is 2.33. The molecule has 0 spiro atoms. The largest absolute Gasteiger partial charge is 0.254 e. The third kappa shape index (κ3) is 1.96. The summed E-state index contributed by atoms with van der Waals surface area (Å²) in [5.74, 6) is 0. The van der Waals surface area contributed by atoms with Crippen molar-refractivity contribution in [1.82, 2.24) is 4.98 Å². The van der Waals surface area contributed by atoms with Crippen molar-refractivity contribution in [2.45, 2.75) is 25.7 Å². The molecule has 2 heteroatoms. The van der Waals surface area contributed by atoms with Crippen molar-refractivity contribution in [3.8, 4) is 0 Å². The molecular weight excluding hydrogens is 230 g/mol. The van der Waals surface area contributed by atoms with Crippen molar-refractivity contribution in [2.75, 3.05) is 0 Å². The Morgan fingerprint density at radius 2 is 2.00 bits per heavy atom. The molecule has 0 radical (unpaired) electrons. The molecule has 0 saturated heterocycles. The number of hydrogen-bond donors (Lipinski definition) is 0. The van der Waals surface area contributed by atoms with Crippen LogP contribution in [0.25, 0.3) is 16.3 Å². The van der Waals surface area contributed by atoms with Gasteiger partial charge in [0.25, 0.3) is 0 Å². The number of benzene rings is 1. The minimum Gasteiger partial charge on any atom is -0.254 e. The average Bonchev–Trinajstić information content (AvgIpc) is 2.40. The first-order valence-corrected chi connectivity index (χ1v) is 6.47. The van der Waals surface area contributed by atoms with Crippen LogP contribution in [0.15, 0.2) is 36.5 Å². The lowest BCUT2D eigenvalue weighted by Gasteiger charge is -2.14. The van der Waals surface area contributed by atoms with E-state index < -0.39 is 0 Å². The Kier molecular flexibility index (Phi) is 2.86. The van der Waals surface area contributed by atoms with Crippen LogP contribution in [0.2, 0.25) is 5.02 Å². The van der Waals surface area contributed by atoms with Crippen molar-refractivity contribution < 1.29 is 0 Å². The first kappa shape index (κ1) is 10.8. The summed E-state index contributed by atoms with van der Waals surface area (Å²) in [5.41, 5.74) is 2.29. The molecule has 1 nitrogen and oxygen atoms in total. The van der Waals surface area contributed by atoms with E-state index in [-0.39, 0.29) is 0 Å². The lowest BCUT2D eigenvalue weighted by Crippen LogP contribution is -1.96. The monoisotopic (exact) mass is 243 g/mol. The van der Waals surface area contributed by atoms with E-state index in [9.17, 15) is 0 Å². The third-order valence-electron chi connectivity index (χ3n) is 3.33. The van der Waals surface area contributed by atoms with Crippen LogP contribution in [0, 0.1) is 0 Å². The van der Waals surface area contributed by atoms with Crippen LogP contribution in [-0.4, -0.2) is 4.98 Å². The van der Waals surface area contributed by atoms with Gasteiger partial charge in [-0.05, 0) is 31.3 Å². The van der Waals surface area contributed by atoms with Gasteiger partial charge in [-0.25, -0.2) is 0 Å². The number of rotatable bonds is 1. The zero-order valence-electron chi connectivity index (χ0n) is 9.62. The van der Waals surface area contributed by atoms with Crippen LogP contribution >= 0.6 is 11.6 Å². The molecular formula is C15H14ClN. The Hall–Kier alpha value is -1.34. The number of hydrogen-bond acceptors (Lipinski definition) is 1. The molecule has 2 aromatic rings. The van der Waals surface area contributed by atoms with E-state index in [0.717, 1.165) is 34.3 Å². The van der Waals surface area contributed by atoms with Gasteiger partial charge in [0.05, 0.1) is 10.7 Å². The van der Waals surface area contributed by atoms with Crippen LogP contribution in [-0.2, 0) is 0 Å². The van der Waals surface area contributed by atoms with Gasteiger partial charge in [-0.15, -0.1) is 0 Å². The van der Waals surface area contributed by atoms with Crippen molar-refractivity contribution in [3.63, 3.8) is 0 Å². The highest BCUT2D eigenvalue weighted by molar-refractivity contribution is 6.37. The first-order chi connectivity index (χ1) is 8.36. The molecule has 1 aliphatic carbocycles. The summed E-state index contributed by atoms with van der Waals surface area (Å²) in [5, 5.41) is 3.01. The molecule has 1 aromatic carbocycles. The summed E-state index contributed by atoms with van der Waals surface area (Å²) in [6.45, 7) is 0. The summed E-state index contributed by atoms with van der Waals surface area (Å²) in [6, 6.07) is 8.15. The Bertz CT molecular complexity index is 586. The second-order valence-corrected chi connectivity index (χ2v) is 4.86. The van der Waals surface area contributed by atoms with Gasteiger partial charge in [-0.2, -0.15) is 0 Å². The van der Waals surface area contributed by atoms with Crippen molar-refractivity contribution in [1.29, 1.82) is 0 Å². The molecule has 1 heterocycles. The van der Waals surface area contributed by atoms with Crippen LogP contribution in [0.3, 0.4) is 0 Å². The maximum atomic E-state index is 6.47. The second kappa shape index (κ2) is 4.50. The number of pyridine rings is 1. The van der Waals surface area contributed by atoms with Gasteiger partial charge in [0.15, 0.2) is 0 Å². The molecule has 0 N–H and O–H groups in total. The van der Waals surface area contributed by atoms with Gasteiger partial charge < -0.3 is 0 Å². The quantitative estimate of drug-likeness (QED) is 0.698. The molecule has 86 valence electrons. The maximum Gasteiger partial charge on any atom is 0.0851 e. The van der Waals surface area contributed by atoms with E-state index in [1.165, 1.54) is 18.4 Å². The summed E-state index contributed by atoms with van der Waals surface area (Å²) in [6.07, 6.45) is 9.00. The van der Waals surface area contributed by atoms with Crippen molar-refractivity contribution in [3.05, 3.63) is 47.3 Å². The molecule has 0 atom stereocenters. The molecule has 3 rings (SSSR count). The molecule has 0 aliphatic heterocycles. The number of nitrogens with zero attached hydrogens (tertiary/aromatic N) is 1. The average molecular weight is 244 g/mol. The maximum absolute atomic E-state index is 6.47. The molecule has 0 bridgehead atoms. The van der Waals surface area contributed by atoms with E-state index in [4.69, 9.17) is 11.6 Å². The standard InChI is InChI=1S/C15H14ClN/c16-14-13-9-5-4-8-12(13)10-17-15(14)11-6-2-1-3-7-11/h4-6,8-10H,1-3,7H2. The number of allylic oxidation sites excluding steroid dienone is 2. The minimum absolute atomic E-state index is 0.802. The van der Waals surface area contributed by atoms with Gasteiger partial charge in [0.1, 0.15) is 0 Å². The summed E-state index contributed by atoms with van der Waals surface area (Å²) < 4.78 is 0. The van der Waals surface area contributed by atoms with Gasteiger partial charge in [-0.3, -0.25) is 4.98 Å². The predicted octanol–water partition coefficient (Wildman–Crippen LogP) is 4.85. The van der Waals surface area contributed by atoms with Gasteiger partial charge >= 0.3 is 0 Å². The highest BCUT2D eigenvalue weighted by atomic mass is 35.5. The molecule has 0 saturated carbocycles. The van der Waals surface area contributed by atoms with Gasteiger partial charge in [-0.1, -0.05) is 41.9 Å². The Balaban J connectivity index is 2.17.